The van der Waals surface area contributed by atoms with Gasteiger partial charge >= 0.3 is 5.97 Å². The highest BCUT2D eigenvalue weighted by atomic mass is 32.2. The minimum absolute atomic E-state index is 0.0188. The van der Waals surface area contributed by atoms with Crippen molar-refractivity contribution in [2.45, 2.75) is 45.8 Å². The summed E-state index contributed by atoms with van der Waals surface area (Å²) in [6, 6.07) is 21.8. The molecule has 0 aliphatic carbocycles. The second kappa shape index (κ2) is 14.2. The summed E-state index contributed by atoms with van der Waals surface area (Å²) in [4.78, 5) is 11.2. The standard InChI is InChI=1S/C36H37FO8S/c1-23-14-29(42-12-7-13-46(3,40)41)15-24(2)36(23)31-16-27(32(37)19-34(31)44-20-25-8-5-4-6-9-25)22-43-28-10-11-30-26(17-35(38)39)21-45-33(30)18-28/h4-6,8-11,14-16,18-19,26H,7,12-13,17,20-22H2,1-3H3,(H,38,39)/t26-/m1/s1. The van der Waals surface area contributed by atoms with E-state index in [-0.39, 0.29) is 44.5 Å². The largest absolute Gasteiger partial charge is 0.494 e. The van der Waals surface area contributed by atoms with Crippen LogP contribution in [0, 0.1) is 19.7 Å². The molecule has 242 valence electrons. The zero-order valence-electron chi connectivity index (χ0n) is 26.0. The smallest absolute Gasteiger partial charge is 0.304 e. The Morgan fingerprint density at radius 1 is 0.935 bits per heavy atom. The fourth-order valence-electron chi connectivity index (χ4n) is 5.59. The monoisotopic (exact) mass is 648 g/mol. The van der Waals surface area contributed by atoms with Gasteiger partial charge in [0.25, 0.3) is 0 Å². The highest BCUT2D eigenvalue weighted by Gasteiger charge is 2.27. The van der Waals surface area contributed by atoms with Crippen LogP contribution in [0.5, 0.6) is 23.0 Å². The van der Waals surface area contributed by atoms with Crippen LogP contribution in [0.25, 0.3) is 11.1 Å². The van der Waals surface area contributed by atoms with Crippen molar-refractivity contribution in [1.82, 2.24) is 0 Å². The Bertz CT molecular complexity index is 1800. The molecule has 1 aliphatic heterocycles. The Morgan fingerprint density at radius 3 is 2.37 bits per heavy atom. The number of carboxylic acids is 1. The number of ether oxygens (including phenoxy) is 4. The first-order valence-corrected chi connectivity index (χ1v) is 17.1. The summed E-state index contributed by atoms with van der Waals surface area (Å²) in [6.45, 7) is 4.62. The number of fused-ring (bicyclic) bond motifs is 1. The molecule has 1 heterocycles. The fourth-order valence-corrected chi connectivity index (χ4v) is 6.23. The molecule has 0 bridgehead atoms. The molecular formula is C36H37FO8S. The molecule has 0 spiro atoms. The summed E-state index contributed by atoms with van der Waals surface area (Å²) < 4.78 is 62.3. The van der Waals surface area contributed by atoms with Crippen LogP contribution in [0.2, 0.25) is 0 Å². The summed E-state index contributed by atoms with van der Waals surface area (Å²) >= 11 is 0. The van der Waals surface area contributed by atoms with Crippen LogP contribution in [-0.4, -0.2) is 44.7 Å². The first-order valence-electron chi connectivity index (χ1n) is 15.0. The average molecular weight is 649 g/mol. The minimum atomic E-state index is -3.07. The van der Waals surface area contributed by atoms with E-state index in [1.165, 1.54) is 12.3 Å². The van der Waals surface area contributed by atoms with Crippen LogP contribution < -0.4 is 18.9 Å². The van der Waals surface area contributed by atoms with Gasteiger partial charge in [0.2, 0.25) is 0 Å². The number of carbonyl (C=O) groups is 1. The number of halogens is 1. The number of aliphatic carboxylic acids is 1. The van der Waals surface area contributed by atoms with Crippen LogP contribution in [-0.2, 0) is 27.8 Å². The predicted octanol–water partition coefficient (Wildman–Crippen LogP) is 7.03. The van der Waals surface area contributed by atoms with Gasteiger partial charge in [-0.15, -0.1) is 0 Å². The molecule has 0 amide bonds. The lowest BCUT2D eigenvalue weighted by Gasteiger charge is -2.19. The van der Waals surface area contributed by atoms with Crippen molar-refractivity contribution in [1.29, 1.82) is 0 Å². The van der Waals surface area contributed by atoms with Crippen molar-refractivity contribution >= 4 is 15.8 Å². The van der Waals surface area contributed by atoms with Crippen molar-refractivity contribution in [3.05, 3.63) is 106 Å². The van der Waals surface area contributed by atoms with Gasteiger partial charge in [-0.3, -0.25) is 4.79 Å². The summed E-state index contributed by atoms with van der Waals surface area (Å²) in [7, 11) is -3.07. The summed E-state index contributed by atoms with van der Waals surface area (Å²) in [6.07, 6.45) is 1.57. The zero-order valence-corrected chi connectivity index (χ0v) is 26.9. The second-order valence-corrected chi connectivity index (χ2v) is 13.8. The van der Waals surface area contributed by atoms with Gasteiger partial charge in [0.15, 0.2) is 0 Å². The Labute approximate surface area is 268 Å². The SMILES string of the molecule is Cc1cc(OCCCS(C)(=O)=O)cc(C)c1-c1cc(COc2ccc3c(c2)OC[C@H]3CC(=O)O)c(F)cc1OCc1ccccc1. The fraction of sp³-hybridized carbons (Fsp3) is 0.306. The third-order valence-corrected chi connectivity index (χ3v) is 8.80. The van der Waals surface area contributed by atoms with E-state index < -0.39 is 21.6 Å². The van der Waals surface area contributed by atoms with E-state index >= 15 is 4.39 Å². The summed E-state index contributed by atoms with van der Waals surface area (Å²) in [5, 5.41) is 9.17. The molecule has 1 N–H and O–H groups in total. The summed E-state index contributed by atoms with van der Waals surface area (Å²) in [5.74, 6) is 0.510. The Balaban J connectivity index is 1.40. The lowest BCUT2D eigenvalue weighted by Crippen LogP contribution is -2.08. The van der Waals surface area contributed by atoms with E-state index in [1.54, 1.807) is 24.3 Å². The van der Waals surface area contributed by atoms with Crippen LogP contribution in [0.4, 0.5) is 4.39 Å². The van der Waals surface area contributed by atoms with Gasteiger partial charge in [-0.25, -0.2) is 12.8 Å². The average Bonchev–Trinajstić information content (AvgIpc) is 3.39. The molecule has 8 nitrogen and oxygen atoms in total. The Hall–Kier alpha value is -4.57. The molecule has 4 aromatic carbocycles. The molecule has 4 aromatic rings. The molecule has 0 saturated carbocycles. The van der Waals surface area contributed by atoms with Gasteiger partial charge in [0.05, 0.1) is 25.4 Å². The molecule has 46 heavy (non-hydrogen) atoms. The molecule has 1 aliphatic rings. The minimum Gasteiger partial charge on any atom is -0.494 e. The first-order chi connectivity index (χ1) is 22.0. The number of sulfone groups is 1. The molecule has 0 fully saturated rings. The summed E-state index contributed by atoms with van der Waals surface area (Å²) in [5.41, 5.74) is 5.41. The zero-order chi connectivity index (χ0) is 32.8. The Morgan fingerprint density at radius 2 is 1.67 bits per heavy atom. The van der Waals surface area contributed by atoms with Crippen molar-refractivity contribution < 1.29 is 41.7 Å². The lowest BCUT2D eigenvalue weighted by molar-refractivity contribution is -0.137. The molecule has 0 aromatic heterocycles. The van der Waals surface area contributed by atoms with Gasteiger partial charge in [0.1, 0.15) is 51.9 Å². The van der Waals surface area contributed by atoms with E-state index in [2.05, 4.69) is 0 Å². The number of benzene rings is 4. The molecule has 0 unspecified atom stereocenters. The van der Waals surface area contributed by atoms with Crippen molar-refractivity contribution in [3.8, 4) is 34.1 Å². The maximum atomic E-state index is 15.6. The molecular weight excluding hydrogens is 611 g/mol. The normalized spacial score (nSPS) is 14.0. The van der Waals surface area contributed by atoms with Crippen LogP contribution >= 0.6 is 0 Å². The third kappa shape index (κ3) is 8.37. The van der Waals surface area contributed by atoms with Crippen molar-refractivity contribution in [2.75, 3.05) is 25.2 Å². The molecule has 0 saturated heterocycles. The maximum Gasteiger partial charge on any atom is 0.304 e. The van der Waals surface area contributed by atoms with E-state index in [0.717, 1.165) is 27.8 Å². The predicted molar refractivity (Wildman–Crippen MR) is 173 cm³/mol. The van der Waals surface area contributed by atoms with Gasteiger partial charge in [-0.1, -0.05) is 36.4 Å². The molecule has 10 heteroatoms. The van der Waals surface area contributed by atoms with Crippen LogP contribution in [0.15, 0.2) is 72.8 Å². The van der Waals surface area contributed by atoms with E-state index in [0.29, 0.717) is 40.5 Å². The highest BCUT2D eigenvalue weighted by Crippen LogP contribution is 2.40. The van der Waals surface area contributed by atoms with Crippen molar-refractivity contribution in [3.63, 3.8) is 0 Å². The number of hydrogen-bond acceptors (Lipinski definition) is 7. The van der Waals surface area contributed by atoms with Gasteiger partial charge in [-0.2, -0.15) is 0 Å². The number of rotatable bonds is 14. The van der Waals surface area contributed by atoms with Gasteiger partial charge in [-0.05, 0) is 66.8 Å². The van der Waals surface area contributed by atoms with Gasteiger partial charge in [0, 0.05) is 41.0 Å². The van der Waals surface area contributed by atoms with E-state index in [4.69, 9.17) is 18.9 Å². The van der Waals surface area contributed by atoms with E-state index in [1.807, 2.05) is 56.3 Å². The second-order valence-electron chi connectivity index (χ2n) is 11.6. The molecule has 0 radical (unpaired) electrons. The van der Waals surface area contributed by atoms with Crippen molar-refractivity contribution in [2.24, 2.45) is 0 Å². The third-order valence-electron chi connectivity index (χ3n) is 7.77. The number of carboxylic acid groups (broad SMARTS) is 1. The Kier molecular flexibility index (Phi) is 10.2. The molecule has 1 atom stereocenters. The van der Waals surface area contributed by atoms with E-state index in [9.17, 15) is 18.3 Å². The van der Waals surface area contributed by atoms with Gasteiger partial charge < -0.3 is 24.1 Å². The first kappa shape index (κ1) is 32.8. The quantitative estimate of drug-likeness (QED) is 0.145. The highest BCUT2D eigenvalue weighted by molar-refractivity contribution is 7.90. The number of hydrogen-bond donors (Lipinski definition) is 1. The topological polar surface area (TPSA) is 108 Å². The molecule has 5 rings (SSSR count). The van der Waals surface area contributed by atoms with Crippen LogP contribution in [0.1, 0.15) is 46.6 Å². The lowest BCUT2D eigenvalue weighted by atomic mass is 9.93. The van der Waals surface area contributed by atoms with Crippen LogP contribution in [0.3, 0.4) is 0 Å². The number of aryl methyl sites for hydroxylation is 2. The maximum absolute atomic E-state index is 15.6.